The maximum atomic E-state index is 12.7. The number of aryl methyl sites for hydroxylation is 1. The number of benzene rings is 2. The first-order chi connectivity index (χ1) is 14.7. The van der Waals surface area contributed by atoms with Crippen LogP contribution in [0, 0.1) is 6.92 Å². The van der Waals surface area contributed by atoms with Gasteiger partial charge in [0.1, 0.15) is 0 Å². The average molecular weight is 397 g/mol. The topological polar surface area (TPSA) is 62.5 Å². The largest absolute Gasteiger partial charge is 0.336 e. The highest BCUT2D eigenvalue weighted by Crippen LogP contribution is 2.24. The van der Waals surface area contributed by atoms with Crippen LogP contribution in [0.3, 0.4) is 0 Å². The number of carbonyl (C=O) groups excluding carboxylic acids is 1. The van der Waals surface area contributed by atoms with E-state index < -0.39 is 0 Å². The van der Waals surface area contributed by atoms with Crippen molar-refractivity contribution < 1.29 is 4.79 Å². The Balaban J connectivity index is 1.45. The van der Waals surface area contributed by atoms with Crippen molar-refractivity contribution in [2.45, 2.75) is 6.92 Å². The first-order valence-corrected chi connectivity index (χ1v) is 10.2. The van der Waals surface area contributed by atoms with Crippen molar-refractivity contribution in [3.63, 3.8) is 0 Å². The fourth-order valence-electron chi connectivity index (χ4n) is 3.81. The lowest BCUT2D eigenvalue weighted by Gasteiger charge is -2.27. The van der Waals surface area contributed by atoms with Crippen molar-refractivity contribution in [1.82, 2.24) is 24.6 Å². The number of imidazole rings is 1. The molecule has 0 atom stereocenters. The van der Waals surface area contributed by atoms with Crippen LogP contribution in [-0.2, 0) is 0 Å². The molecule has 0 bridgehead atoms. The van der Waals surface area contributed by atoms with Crippen LogP contribution in [0.5, 0.6) is 0 Å². The van der Waals surface area contributed by atoms with E-state index in [4.69, 9.17) is 0 Å². The number of nitrogens with one attached hydrogen (secondary N) is 1. The van der Waals surface area contributed by atoms with E-state index in [1.54, 1.807) is 6.20 Å². The molecule has 3 heterocycles. The van der Waals surface area contributed by atoms with E-state index in [9.17, 15) is 4.79 Å². The van der Waals surface area contributed by atoms with Crippen LogP contribution in [0.2, 0.25) is 0 Å². The number of hydrogen-bond acceptors (Lipinski definition) is 4. The van der Waals surface area contributed by atoms with Crippen LogP contribution in [0.4, 0.5) is 0 Å². The van der Waals surface area contributed by atoms with E-state index in [-0.39, 0.29) is 5.91 Å². The highest BCUT2D eigenvalue weighted by atomic mass is 16.2. The number of rotatable bonds is 3. The number of nitrogens with zero attached hydrogens (tertiary/aromatic N) is 4. The van der Waals surface area contributed by atoms with Gasteiger partial charge in [-0.2, -0.15) is 0 Å². The maximum absolute atomic E-state index is 12.7. The lowest BCUT2D eigenvalue weighted by Crippen LogP contribution is -2.46. The van der Waals surface area contributed by atoms with E-state index >= 15 is 0 Å². The number of piperazine rings is 1. The molecule has 1 N–H and O–H groups in total. The molecule has 1 fully saturated rings. The van der Waals surface area contributed by atoms with Gasteiger partial charge in [-0.25, -0.2) is 4.98 Å². The third-order valence-electron chi connectivity index (χ3n) is 5.58. The molecule has 4 aromatic rings. The molecule has 0 saturated carbocycles. The molecule has 2 aromatic carbocycles. The van der Waals surface area contributed by atoms with Crippen LogP contribution in [0.15, 0.2) is 67.1 Å². The molecule has 5 rings (SSSR count). The minimum Gasteiger partial charge on any atom is -0.336 e. The summed E-state index contributed by atoms with van der Waals surface area (Å²) in [6, 6.07) is 16.1. The predicted molar refractivity (Wildman–Crippen MR) is 117 cm³/mol. The summed E-state index contributed by atoms with van der Waals surface area (Å²) in [6.45, 7) is 5.28. The third-order valence-corrected chi connectivity index (χ3v) is 5.58. The monoisotopic (exact) mass is 397 g/mol. The number of carbonyl (C=O) groups is 1. The normalized spacial score (nSPS) is 14.2. The molecule has 0 unspecified atom stereocenters. The molecule has 150 valence electrons. The number of amides is 1. The van der Waals surface area contributed by atoms with Crippen LogP contribution in [0.25, 0.3) is 28.2 Å². The molecular weight excluding hydrogens is 374 g/mol. The Bertz CT molecular complexity index is 1190. The molecule has 1 aliphatic rings. The van der Waals surface area contributed by atoms with Crippen molar-refractivity contribution in [1.29, 1.82) is 0 Å². The first-order valence-electron chi connectivity index (χ1n) is 10.2. The average Bonchev–Trinajstić information content (AvgIpc) is 3.23. The number of aromatic nitrogens is 3. The van der Waals surface area contributed by atoms with E-state index in [1.807, 2.05) is 41.6 Å². The van der Waals surface area contributed by atoms with E-state index in [1.165, 1.54) is 5.56 Å². The number of hydrogen-bond donors (Lipinski definition) is 1. The summed E-state index contributed by atoms with van der Waals surface area (Å²) in [5, 5.41) is 3.27. The molecule has 6 heteroatoms. The van der Waals surface area contributed by atoms with Crippen LogP contribution in [0.1, 0.15) is 15.9 Å². The van der Waals surface area contributed by atoms with E-state index in [0.717, 1.165) is 54.3 Å². The summed E-state index contributed by atoms with van der Waals surface area (Å²) < 4.78 is 2.06. The van der Waals surface area contributed by atoms with E-state index in [0.29, 0.717) is 5.56 Å². The first kappa shape index (κ1) is 18.5. The second-order valence-electron chi connectivity index (χ2n) is 7.63. The van der Waals surface area contributed by atoms with Gasteiger partial charge in [0.05, 0.1) is 23.8 Å². The predicted octanol–water partition coefficient (Wildman–Crippen LogP) is 3.42. The van der Waals surface area contributed by atoms with Gasteiger partial charge in [-0.3, -0.25) is 14.2 Å². The van der Waals surface area contributed by atoms with E-state index in [2.05, 4.69) is 50.9 Å². The molecular formula is C24H23N5O. The van der Waals surface area contributed by atoms with Gasteiger partial charge in [-0.15, -0.1) is 0 Å². The smallest absolute Gasteiger partial charge is 0.253 e. The Hall–Kier alpha value is -3.51. The SMILES string of the molecule is Cc1ccc(-c2cnc3cnc(-c4ccc(C(=O)N5CCNCC5)cc4)cn23)cc1. The lowest BCUT2D eigenvalue weighted by molar-refractivity contribution is 0.0736. The zero-order chi connectivity index (χ0) is 20.5. The summed E-state index contributed by atoms with van der Waals surface area (Å²) in [7, 11) is 0. The van der Waals surface area contributed by atoms with Gasteiger partial charge < -0.3 is 10.2 Å². The summed E-state index contributed by atoms with van der Waals surface area (Å²) in [6.07, 6.45) is 5.66. The minimum atomic E-state index is 0.0859. The molecule has 30 heavy (non-hydrogen) atoms. The van der Waals surface area contributed by atoms with Crippen LogP contribution < -0.4 is 5.32 Å². The molecule has 0 radical (unpaired) electrons. The third kappa shape index (κ3) is 3.46. The highest BCUT2D eigenvalue weighted by Gasteiger charge is 2.18. The summed E-state index contributed by atoms with van der Waals surface area (Å²) >= 11 is 0. The Morgan fingerprint density at radius 2 is 1.60 bits per heavy atom. The zero-order valence-corrected chi connectivity index (χ0v) is 16.9. The molecule has 1 saturated heterocycles. The Kier molecular flexibility index (Phi) is 4.77. The molecule has 1 amide bonds. The summed E-state index contributed by atoms with van der Waals surface area (Å²) in [4.78, 5) is 23.6. The van der Waals surface area contributed by atoms with Gasteiger partial charge in [0.25, 0.3) is 5.91 Å². The van der Waals surface area contributed by atoms with Crippen molar-refractivity contribution in [2.24, 2.45) is 0 Å². The second kappa shape index (κ2) is 7.72. The quantitative estimate of drug-likeness (QED) is 0.575. The van der Waals surface area contributed by atoms with Gasteiger partial charge in [-0.1, -0.05) is 42.0 Å². The van der Waals surface area contributed by atoms with Gasteiger partial charge in [-0.05, 0) is 19.1 Å². The van der Waals surface area contributed by atoms with Crippen molar-refractivity contribution >= 4 is 11.6 Å². The molecule has 1 aliphatic heterocycles. The standard InChI is InChI=1S/C24H23N5O/c1-17-2-4-19(5-3-17)22-14-27-23-15-26-21(16-29(22)23)18-6-8-20(9-7-18)24(30)28-12-10-25-11-13-28/h2-9,14-16,25H,10-13H2,1H3. The van der Waals surface area contributed by atoms with Gasteiger partial charge >= 0.3 is 0 Å². The maximum Gasteiger partial charge on any atom is 0.253 e. The summed E-state index contributed by atoms with van der Waals surface area (Å²) in [5.41, 5.74) is 6.70. The minimum absolute atomic E-state index is 0.0859. The Morgan fingerprint density at radius 1 is 0.900 bits per heavy atom. The Morgan fingerprint density at radius 3 is 2.33 bits per heavy atom. The van der Waals surface area contributed by atoms with Crippen LogP contribution >= 0.6 is 0 Å². The zero-order valence-electron chi connectivity index (χ0n) is 16.9. The Labute approximate surface area is 175 Å². The molecule has 0 spiro atoms. The summed E-state index contributed by atoms with van der Waals surface area (Å²) in [5.74, 6) is 0.0859. The molecule has 2 aromatic heterocycles. The van der Waals surface area contributed by atoms with Crippen molar-refractivity contribution in [3.05, 3.63) is 78.2 Å². The molecule has 0 aliphatic carbocycles. The lowest BCUT2D eigenvalue weighted by atomic mass is 10.1. The van der Waals surface area contributed by atoms with Crippen molar-refractivity contribution in [3.8, 4) is 22.5 Å². The van der Waals surface area contributed by atoms with Gasteiger partial charge in [0.15, 0.2) is 5.65 Å². The highest BCUT2D eigenvalue weighted by molar-refractivity contribution is 5.94. The fraction of sp³-hybridized carbons (Fsp3) is 0.208. The van der Waals surface area contributed by atoms with Crippen LogP contribution in [-0.4, -0.2) is 51.4 Å². The fourth-order valence-corrected chi connectivity index (χ4v) is 3.81. The van der Waals surface area contributed by atoms with Gasteiger partial charge in [0, 0.05) is 49.1 Å². The number of fused-ring (bicyclic) bond motifs is 1. The van der Waals surface area contributed by atoms with Gasteiger partial charge in [0.2, 0.25) is 0 Å². The molecule has 6 nitrogen and oxygen atoms in total. The van der Waals surface area contributed by atoms with Crippen molar-refractivity contribution in [2.75, 3.05) is 26.2 Å². The second-order valence-corrected chi connectivity index (χ2v) is 7.63.